The van der Waals surface area contributed by atoms with Gasteiger partial charge in [-0.2, -0.15) is 16.1 Å². The van der Waals surface area contributed by atoms with Crippen molar-refractivity contribution in [3.63, 3.8) is 0 Å². The van der Waals surface area contributed by atoms with E-state index in [9.17, 15) is 16.8 Å². The second-order valence-corrected chi connectivity index (χ2v) is 10.3. The molecular weight excluding hydrogens is 330 g/mol. The Morgan fingerprint density at radius 2 is 1.90 bits per heavy atom. The van der Waals surface area contributed by atoms with E-state index in [1.165, 1.54) is 17.8 Å². The molecule has 5 nitrogen and oxygen atoms in total. The van der Waals surface area contributed by atoms with E-state index in [4.69, 9.17) is 0 Å². The van der Waals surface area contributed by atoms with Gasteiger partial charge in [0.2, 0.25) is 10.0 Å². The van der Waals surface area contributed by atoms with Crippen LogP contribution in [0.25, 0.3) is 0 Å². The first-order valence-electron chi connectivity index (χ1n) is 6.67. The molecule has 0 spiro atoms. The summed E-state index contributed by atoms with van der Waals surface area (Å²) in [7, 11) is -7.24. The van der Waals surface area contributed by atoms with Crippen LogP contribution >= 0.6 is 11.8 Å². The highest BCUT2D eigenvalue weighted by Crippen LogP contribution is 2.29. The molecule has 2 rings (SSSR count). The minimum Gasteiger partial charge on any atom is -0.227 e. The Morgan fingerprint density at radius 1 is 1.24 bits per heavy atom. The van der Waals surface area contributed by atoms with E-state index in [1.807, 2.05) is 0 Å². The van der Waals surface area contributed by atoms with Gasteiger partial charge >= 0.3 is 0 Å². The lowest BCUT2D eigenvalue weighted by atomic mass is 10.2. The van der Waals surface area contributed by atoms with Gasteiger partial charge in [0.1, 0.15) is 5.37 Å². The predicted octanol–water partition coefficient (Wildman–Crippen LogP) is 1.49. The molecule has 0 radical (unpaired) electrons. The third-order valence-electron chi connectivity index (χ3n) is 3.53. The number of hydrogen-bond donors (Lipinski definition) is 0. The van der Waals surface area contributed by atoms with Crippen molar-refractivity contribution < 1.29 is 16.8 Å². The molecular formula is C13H19NO4S3. The highest BCUT2D eigenvalue weighted by molar-refractivity contribution is 8.01. The highest BCUT2D eigenvalue weighted by Gasteiger charge is 2.40. The Kier molecular flexibility index (Phi) is 5.02. The Labute approximate surface area is 130 Å². The van der Waals surface area contributed by atoms with E-state index in [-0.39, 0.29) is 17.2 Å². The quantitative estimate of drug-likeness (QED) is 0.824. The van der Waals surface area contributed by atoms with Crippen LogP contribution in [-0.4, -0.2) is 50.3 Å². The van der Waals surface area contributed by atoms with E-state index in [0.717, 1.165) is 4.31 Å². The third kappa shape index (κ3) is 3.28. The molecule has 8 heteroatoms. The van der Waals surface area contributed by atoms with Crippen LogP contribution in [0.5, 0.6) is 0 Å². The van der Waals surface area contributed by atoms with Gasteiger partial charge < -0.3 is 0 Å². The van der Waals surface area contributed by atoms with Crippen LogP contribution in [0.3, 0.4) is 0 Å². The summed E-state index contributed by atoms with van der Waals surface area (Å²) in [6.45, 7) is 3.49. The van der Waals surface area contributed by atoms with Gasteiger partial charge in [-0.05, 0) is 18.6 Å². The number of benzene rings is 1. The normalized spacial score (nSPS) is 21.3. The van der Waals surface area contributed by atoms with Crippen LogP contribution in [0.15, 0.2) is 29.2 Å². The molecule has 0 aliphatic carbocycles. The van der Waals surface area contributed by atoms with Crippen molar-refractivity contribution in [2.24, 2.45) is 0 Å². The summed E-state index contributed by atoms with van der Waals surface area (Å²) < 4.78 is 51.2. The number of aryl methyl sites for hydroxylation is 1. The first kappa shape index (κ1) is 16.8. The van der Waals surface area contributed by atoms with Gasteiger partial charge in [0, 0.05) is 23.8 Å². The summed E-state index contributed by atoms with van der Waals surface area (Å²) >= 11 is 1.48. The monoisotopic (exact) mass is 349 g/mol. The summed E-state index contributed by atoms with van der Waals surface area (Å²) in [4.78, 5) is 0.188. The molecule has 1 aromatic rings. The Bertz CT molecular complexity index is 713. The molecule has 1 saturated heterocycles. The molecule has 1 atom stereocenters. The summed E-state index contributed by atoms with van der Waals surface area (Å²) in [6, 6.07) is 6.67. The van der Waals surface area contributed by atoms with Gasteiger partial charge in [0.25, 0.3) is 0 Å². The smallest absolute Gasteiger partial charge is 0.227 e. The van der Waals surface area contributed by atoms with Gasteiger partial charge in [0.15, 0.2) is 9.84 Å². The van der Waals surface area contributed by atoms with Crippen molar-refractivity contribution in [3.8, 4) is 0 Å². The summed E-state index contributed by atoms with van der Waals surface area (Å²) in [6.07, 6.45) is 0. The second-order valence-electron chi connectivity index (χ2n) is 4.86. The van der Waals surface area contributed by atoms with Crippen LogP contribution in [-0.2, 0) is 19.9 Å². The van der Waals surface area contributed by atoms with E-state index in [0.29, 0.717) is 17.1 Å². The average Bonchev–Trinajstić information content (AvgIpc) is 2.47. The van der Waals surface area contributed by atoms with E-state index in [2.05, 4.69) is 0 Å². The number of sulfone groups is 1. The molecule has 1 fully saturated rings. The van der Waals surface area contributed by atoms with Gasteiger partial charge in [-0.3, -0.25) is 0 Å². The lowest BCUT2D eigenvalue weighted by Crippen LogP contribution is -2.50. The summed E-state index contributed by atoms with van der Waals surface area (Å²) in [5.41, 5.74) is 0.628. The van der Waals surface area contributed by atoms with Gasteiger partial charge in [0.05, 0.1) is 4.90 Å². The maximum absolute atomic E-state index is 12.8. The first-order valence-corrected chi connectivity index (χ1v) is 11.0. The van der Waals surface area contributed by atoms with Crippen LogP contribution in [0.1, 0.15) is 12.5 Å². The SMILES string of the molecule is CCS(=O)(=O)C1CSCCN1S(=O)(=O)c1ccccc1C. The summed E-state index contributed by atoms with van der Waals surface area (Å²) in [5, 5.41) is -0.967. The maximum atomic E-state index is 12.8. The number of nitrogens with zero attached hydrogens (tertiary/aromatic N) is 1. The maximum Gasteiger partial charge on any atom is 0.244 e. The molecule has 21 heavy (non-hydrogen) atoms. The first-order chi connectivity index (χ1) is 9.80. The zero-order chi connectivity index (χ0) is 15.7. The molecule has 1 aliphatic heterocycles. The molecule has 0 N–H and O–H groups in total. The molecule has 1 heterocycles. The molecule has 0 saturated carbocycles. The van der Waals surface area contributed by atoms with Gasteiger partial charge in [-0.25, -0.2) is 16.8 Å². The zero-order valence-corrected chi connectivity index (χ0v) is 14.5. The Morgan fingerprint density at radius 3 is 2.52 bits per heavy atom. The Balaban J connectivity index is 2.49. The fourth-order valence-corrected chi connectivity index (χ4v) is 7.77. The fourth-order valence-electron chi connectivity index (χ4n) is 2.29. The largest absolute Gasteiger partial charge is 0.244 e. The van der Waals surface area contributed by atoms with E-state index >= 15 is 0 Å². The fraction of sp³-hybridized carbons (Fsp3) is 0.538. The minimum atomic E-state index is -3.79. The number of thioether (sulfide) groups is 1. The lowest BCUT2D eigenvalue weighted by molar-refractivity contribution is 0.403. The number of rotatable bonds is 4. The van der Waals surface area contributed by atoms with Gasteiger partial charge in [-0.1, -0.05) is 25.1 Å². The molecule has 0 aromatic heterocycles. The van der Waals surface area contributed by atoms with Crippen molar-refractivity contribution in [2.75, 3.05) is 23.8 Å². The van der Waals surface area contributed by atoms with Crippen molar-refractivity contribution in [3.05, 3.63) is 29.8 Å². The van der Waals surface area contributed by atoms with Crippen LogP contribution in [0.2, 0.25) is 0 Å². The van der Waals surface area contributed by atoms with Crippen LogP contribution < -0.4 is 0 Å². The molecule has 118 valence electrons. The molecule has 1 unspecified atom stereocenters. The zero-order valence-electron chi connectivity index (χ0n) is 12.0. The second kappa shape index (κ2) is 6.28. The lowest BCUT2D eigenvalue weighted by Gasteiger charge is -2.33. The molecule has 0 amide bonds. The van der Waals surface area contributed by atoms with Crippen molar-refractivity contribution >= 4 is 31.6 Å². The van der Waals surface area contributed by atoms with E-state index in [1.54, 1.807) is 32.0 Å². The third-order valence-corrected chi connectivity index (χ3v) is 9.03. The van der Waals surface area contributed by atoms with Crippen LogP contribution in [0.4, 0.5) is 0 Å². The van der Waals surface area contributed by atoms with Gasteiger partial charge in [-0.15, -0.1) is 0 Å². The number of sulfonamides is 1. The standard InChI is InChI=1S/C13H19NO4S3/c1-3-20(15,16)13-10-19-9-8-14(13)21(17,18)12-7-5-4-6-11(12)2/h4-7,13H,3,8-10H2,1-2H3. The average molecular weight is 349 g/mol. The molecule has 1 aromatic carbocycles. The van der Waals surface area contributed by atoms with Crippen LogP contribution in [0, 0.1) is 6.92 Å². The Hall–Kier alpha value is -0.570. The number of hydrogen-bond acceptors (Lipinski definition) is 5. The highest BCUT2D eigenvalue weighted by atomic mass is 32.2. The van der Waals surface area contributed by atoms with Crippen molar-refractivity contribution in [1.82, 2.24) is 4.31 Å². The van der Waals surface area contributed by atoms with E-state index < -0.39 is 25.2 Å². The predicted molar refractivity (Wildman–Crippen MR) is 85.6 cm³/mol. The minimum absolute atomic E-state index is 0.0575. The van der Waals surface area contributed by atoms with Crippen molar-refractivity contribution in [1.29, 1.82) is 0 Å². The molecule has 1 aliphatic rings. The summed E-state index contributed by atoms with van der Waals surface area (Å²) in [5.74, 6) is 0.847. The van der Waals surface area contributed by atoms with Crippen molar-refractivity contribution in [2.45, 2.75) is 24.1 Å². The topological polar surface area (TPSA) is 71.5 Å². The molecule has 0 bridgehead atoms.